The van der Waals surface area contributed by atoms with Crippen molar-refractivity contribution in [3.8, 4) is 11.4 Å². The molecule has 1 N–H and O–H groups in total. The van der Waals surface area contributed by atoms with Gasteiger partial charge >= 0.3 is 5.97 Å². The van der Waals surface area contributed by atoms with Crippen molar-refractivity contribution in [1.29, 1.82) is 0 Å². The van der Waals surface area contributed by atoms with Crippen molar-refractivity contribution in [3.63, 3.8) is 0 Å². The number of likely N-dealkylation sites (tertiary alicyclic amines) is 1. The van der Waals surface area contributed by atoms with Crippen LogP contribution in [0.5, 0.6) is 0 Å². The van der Waals surface area contributed by atoms with Crippen molar-refractivity contribution in [1.82, 2.24) is 20.1 Å². The molecule has 1 atom stereocenters. The van der Waals surface area contributed by atoms with Gasteiger partial charge in [-0.2, -0.15) is 5.10 Å². The van der Waals surface area contributed by atoms with Gasteiger partial charge in [-0.3, -0.25) is 14.7 Å². The van der Waals surface area contributed by atoms with Gasteiger partial charge in [0.05, 0.1) is 18.6 Å². The summed E-state index contributed by atoms with van der Waals surface area (Å²) in [6.07, 6.45) is 4.42. The lowest BCUT2D eigenvalue weighted by atomic mass is 9.97. The van der Waals surface area contributed by atoms with E-state index in [1.807, 2.05) is 18.2 Å². The summed E-state index contributed by atoms with van der Waals surface area (Å²) >= 11 is 0. The number of carbonyl (C=O) groups is 2. The van der Waals surface area contributed by atoms with Crippen molar-refractivity contribution in [2.45, 2.75) is 38.6 Å². The number of esters is 1. The molecule has 1 saturated heterocycles. The molecular formula is C18H22N4O3. The highest BCUT2D eigenvalue weighted by molar-refractivity contribution is 6.00. The Kier molecular flexibility index (Phi) is 5.42. The van der Waals surface area contributed by atoms with Gasteiger partial charge in [0.1, 0.15) is 6.33 Å². The number of piperidine rings is 1. The van der Waals surface area contributed by atoms with E-state index in [0.717, 1.165) is 19.3 Å². The summed E-state index contributed by atoms with van der Waals surface area (Å²) in [4.78, 5) is 31.0. The minimum absolute atomic E-state index is 0.0824. The largest absolute Gasteiger partial charge is 0.466 e. The van der Waals surface area contributed by atoms with Crippen LogP contribution in [-0.2, 0) is 9.53 Å². The molecule has 1 aromatic carbocycles. The first-order valence-corrected chi connectivity index (χ1v) is 8.62. The highest BCUT2D eigenvalue weighted by Gasteiger charge is 2.30. The Morgan fingerprint density at radius 3 is 2.92 bits per heavy atom. The molecule has 0 unspecified atom stereocenters. The van der Waals surface area contributed by atoms with Crippen molar-refractivity contribution in [2.24, 2.45) is 0 Å². The minimum atomic E-state index is -0.254. The lowest BCUT2D eigenvalue weighted by Gasteiger charge is -2.35. The van der Waals surface area contributed by atoms with Crippen LogP contribution in [0.3, 0.4) is 0 Å². The van der Waals surface area contributed by atoms with Crippen LogP contribution in [0.15, 0.2) is 30.6 Å². The number of hydrogen-bond donors (Lipinski definition) is 1. The van der Waals surface area contributed by atoms with Crippen LogP contribution in [0.4, 0.5) is 0 Å². The average molecular weight is 342 g/mol. The van der Waals surface area contributed by atoms with Gasteiger partial charge in [0, 0.05) is 18.2 Å². The van der Waals surface area contributed by atoms with Gasteiger partial charge in [-0.15, -0.1) is 0 Å². The molecule has 0 aliphatic carbocycles. The molecule has 1 aliphatic rings. The number of rotatable bonds is 5. The maximum atomic E-state index is 13.2. The third-order valence-corrected chi connectivity index (χ3v) is 4.42. The van der Waals surface area contributed by atoms with Gasteiger partial charge in [0.15, 0.2) is 5.82 Å². The zero-order chi connectivity index (χ0) is 17.6. The van der Waals surface area contributed by atoms with Crippen LogP contribution >= 0.6 is 0 Å². The van der Waals surface area contributed by atoms with Crippen molar-refractivity contribution in [3.05, 3.63) is 36.2 Å². The minimum Gasteiger partial charge on any atom is -0.466 e. The first-order valence-electron chi connectivity index (χ1n) is 8.62. The van der Waals surface area contributed by atoms with E-state index in [9.17, 15) is 9.59 Å². The summed E-state index contributed by atoms with van der Waals surface area (Å²) in [5, 5.41) is 6.67. The molecule has 2 heterocycles. The Morgan fingerprint density at radius 2 is 2.16 bits per heavy atom. The number of nitrogens with one attached hydrogen (secondary N) is 1. The Hall–Kier alpha value is -2.70. The summed E-state index contributed by atoms with van der Waals surface area (Å²) in [5.74, 6) is 0.222. The van der Waals surface area contributed by atoms with Crippen LogP contribution in [-0.4, -0.2) is 51.2 Å². The molecule has 7 nitrogen and oxygen atoms in total. The van der Waals surface area contributed by atoms with Crippen molar-refractivity contribution in [2.75, 3.05) is 13.2 Å². The number of ether oxygens (including phenoxy) is 1. The fraction of sp³-hybridized carbons (Fsp3) is 0.444. The first-order chi connectivity index (χ1) is 12.2. The van der Waals surface area contributed by atoms with Crippen LogP contribution < -0.4 is 0 Å². The zero-order valence-electron chi connectivity index (χ0n) is 14.3. The lowest BCUT2D eigenvalue weighted by Crippen LogP contribution is -2.45. The van der Waals surface area contributed by atoms with E-state index in [4.69, 9.17) is 4.74 Å². The Labute approximate surface area is 146 Å². The Balaban J connectivity index is 1.85. The van der Waals surface area contributed by atoms with Gasteiger partial charge < -0.3 is 9.64 Å². The number of nitrogens with zero attached hydrogens (tertiary/aromatic N) is 3. The van der Waals surface area contributed by atoms with E-state index in [0.29, 0.717) is 30.1 Å². The second-order valence-corrected chi connectivity index (χ2v) is 6.04. The first kappa shape index (κ1) is 17.1. The molecule has 132 valence electrons. The highest BCUT2D eigenvalue weighted by atomic mass is 16.5. The molecule has 0 saturated carbocycles. The number of aromatic nitrogens is 3. The molecule has 7 heteroatoms. The van der Waals surface area contributed by atoms with E-state index in [1.165, 1.54) is 6.33 Å². The molecule has 25 heavy (non-hydrogen) atoms. The number of H-pyrrole nitrogens is 1. The predicted molar refractivity (Wildman–Crippen MR) is 91.7 cm³/mol. The monoisotopic (exact) mass is 342 g/mol. The highest BCUT2D eigenvalue weighted by Crippen LogP contribution is 2.26. The molecule has 0 bridgehead atoms. The Morgan fingerprint density at radius 1 is 1.32 bits per heavy atom. The topological polar surface area (TPSA) is 88.2 Å². The van der Waals surface area contributed by atoms with E-state index >= 15 is 0 Å². The number of amides is 1. The third kappa shape index (κ3) is 3.87. The molecule has 1 aliphatic heterocycles. The quantitative estimate of drug-likeness (QED) is 0.843. The summed E-state index contributed by atoms with van der Waals surface area (Å²) in [7, 11) is 0. The molecule has 1 aromatic heterocycles. The maximum absolute atomic E-state index is 13.2. The zero-order valence-corrected chi connectivity index (χ0v) is 14.3. The SMILES string of the molecule is CCOC(=O)C[C@H]1CCCCN1C(=O)c1ccccc1-c1ncn[nH]1. The van der Waals surface area contributed by atoms with E-state index in [-0.39, 0.29) is 24.3 Å². The molecule has 0 radical (unpaired) electrons. The normalized spacial score (nSPS) is 17.3. The summed E-state index contributed by atoms with van der Waals surface area (Å²) in [6, 6.07) is 7.20. The summed E-state index contributed by atoms with van der Waals surface area (Å²) in [6.45, 7) is 2.79. The van der Waals surface area contributed by atoms with E-state index in [1.54, 1.807) is 17.9 Å². The van der Waals surface area contributed by atoms with Crippen LogP contribution in [0.2, 0.25) is 0 Å². The molecular weight excluding hydrogens is 320 g/mol. The van der Waals surface area contributed by atoms with Gasteiger partial charge in [0.2, 0.25) is 0 Å². The lowest BCUT2D eigenvalue weighted by molar-refractivity contribution is -0.144. The average Bonchev–Trinajstić information content (AvgIpc) is 3.16. The second-order valence-electron chi connectivity index (χ2n) is 6.04. The number of carbonyl (C=O) groups excluding carboxylic acids is 2. The standard InChI is InChI=1S/C18H22N4O3/c1-2-25-16(23)11-13-7-5-6-10-22(13)18(24)15-9-4-3-8-14(15)17-19-12-20-21-17/h3-4,8-9,12-13H,2,5-7,10-11H2,1H3,(H,19,20,21)/t13-/m1/s1. The van der Waals surface area contributed by atoms with Crippen LogP contribution in [0.1, 0.15) is 43.0 Å². The number of benzene rings is 1. The van der Waals surface area contributed by atoms with Gasteiger partial charge in [-0.05, 0) is 32.3 Å². The number of aromatic amines is 1. The molecule has 2 aromatic rings. The van der Waals surface area contributed by atoms with E-state index in [2.05, 4.69) is 15.2 Å². The van der Waals surface area contributed by atoms with Crippen molar-refractivity contribution < 1.29 is 14.3 Å². The molecule has 1 amide bonds. The summed E-state index contributed by atoms with van der Waals surface area (Å²) in [5.41, 5.74) is 1.28. The van der Waals surface area contributed by atoms with Gasteiger partial charge in [-0.1, -0.05) is 18.2 Å². The molecule has 1 fully saturated rings. The van der Waals surface area contributed by atoms with Crippen LogP contribution in [0, 0.1) is 0 Å². The maximum Gasteiger partial charge on any atom is 0.307 e. The van der Waals surface area contributed by atoms with Gasteiger partial charge in [0.25, 0.3) is 5.91 Å². The fourth-order valence-corrected chi connectivity index (χ4v) is 3.26. The fourth-order valence-electron chi connectivity index (χ4n) is 3.26. The second kappa shape index (κ2) is 7.92. The molecule has 3 rings (SSSR count). The smallest absolute Gasteiger partial charge is 0.307 e. The van der Waals surface area contributed by atoms with Gasteiger partial charge in [-0.25, -0.2) is 4.98 Å². The molecule has 0 spiro atoms. The predicted octanol–water partition coefficient (Wildman–Crippen LogP) is 2.42. The summed E-state index contributed by atoms with van der Waals surface area (Å²) < 4.78 is 5.06. The Bertz CT molecular complexity index is 730. The number of hydrogen-bond acceptors (Lipinski definition) is 5. The van der Waals surface area contributed by atoms with Crippen LogP contribution in [0.25, 0.3) is 11.4 Å². The van der Waals surface area contributed by atoms with Crippen molar-refractivity contribution >= 4 is 11.9 Å². The third-order valence-electron chi connectivity index (χ3n) is 4.42. The van der Waals surface area contributed by atoms with E-state index < -0.39 is 0 Å².